The monoisotopic (exact) mass is 366 g/mol. The largest absolute Gasteiger partial charge is 0.416 e. The van der Waals surface area contributed by atoms with Gasteiger partial charge >= 0.3 is 6.18 Å². The highest BCUT2D eigenvalue weighted by Gasteiger charge is 2.30. The first-order chi connectivity index (χ1) is 11.9. The summed E-state index contributed by atoms with van der Waals surface area (Å²) in [5.74, 6) is -0.206. The van der Waals surface area contributed by atoms with Crippen molar-refractivity contribution in [1.29, 1.82) is 0 Å². The maximum atomic E-state index is 12.7. The average Bonchev–Trinajstić information content (AvgIpc) is 3.24. The van der Waals surface area contributed by atoms with Crippen LogP contribution in [-0.2, 0) is 19.3 Å². The molecule has 0 aliphatic carbocycles. The molecule has 0 saturated carbocycles. The summed E-state index contributed by atoms with van der Waals surface area (Å²) in [4.78, 5) is 12.4. The molecule has 0 unspecified atom stereocenters. The number of hydrogen-bond donors (Lipinski definition) is 1. The highest BCUT2D eigenvalue weighted by atomic mass is 32.1. The lowest BCUT2D eigenvalue weighted by Crippen LogP contribution is -2.21. The lowest BCUT2D eigenvalue weighted by Gasteiger charge is -2.08. The van der Waals surface area contributed by atoms with Crippen LogP contribution in [0.3, 0.4) is 0 Å². The predicted octanol–water partition coefficient (Wildman–Crippen LogP) is 3.34. The standard InChI is InChI=1S/C16H13F3N4OS/c17-16(18,19)12-4-1-3-11(7-12)9-23-10-13(21-22-23)8-20-15(24)14-5-2-6-25-14/h1-7,10H,8-9H2,(H,20,24). The van der Waals surface area contributed by atoms with Crippen molar-refractivity contribution in [2.24, 2.45) is 0 Å². The first kappa shape index (κ1) is 17.2. The van der Waals surface area contributed by atoms with Crippen LogP contribution >= 0.6 is 11.3 Å². The molecule has 0 atom stereocenters. The van der Waals surface area contributed by atoms with Crippen LogP contribution in [0.2, 0.25) is 0 Å². The maximum Gasteiger partial charge on any atom is 0.416 e. The lowest BCUT2D eigenvalue weighted by molar-refractivity contribution is -0.137. The number of hydrogen-bond acceptors (Lipinski definition) is 4. The van der Waals surface area contributed by atoms with Gasteiger partial charge in [0.05, 0.1) is 29.7 Å². The van der Waals surface area contributed by atoms with Gasteiger partial charge in [-0.2, -0.15) is 13.2 Å². The number of aromatic nitrogens is 3. The van der Waals surface area contributed by atoms with Gasteiger partial charge in [-0.25, -0.2) is 4.68 Å². The highest BCUT2D eigenvalue weighted by molar-refractivity contribution is 7.12. The van der Waals surface area contributed by atoms with Crippen molar-refractivity contribution in [2.45, 2.75) is 19.3 Å². The van der Waals surface area contributed by atoms with Gasteiger partial charge in [0, 0.05) is 0 Å². The average molecular weight is 366 g/mol. The quantitative estimate of drug-likeness (QED) is 0.753. The van der Waals surface area contributed by atoms with Crippen LogP contribution in [0, 0.1) is 0 Å². The molecule has 9 heteroatoms. The zero-order valence-electron chi connectivity index (χ0n) is 12.8. The van der Waals surface area contributed by atoms with Crippen molar-refractivity contribution in [3.05, 3.63) is 69.7 Å². The lowest BCUT2D eigenvalue weighted by atomic mass is 10.1. The van der Waals surface area contributed by atoms with E-state index in [0.717, 1.165) is 12.1 Å². The Balaban J connectivity index is 1.61. The van der Waals surface area contributed by atoms with Gasteiger partial charge in [-0.1, -0.05) is 23.4 Å². The topological polar surface area (TPSA) is 59.8 Å². The fourth-order valence-electron chi connectivity index (χ4n) is 2.20. The second-order valence-corrected chi connectivity index (χ2v) is 6.21. The number of rotatable bonds is 5. The maximum absolute atomic E-state index is 12.7. The van der Waals surface area contributed by atoms with Gasteiger partial charge in [0.2, 0.25) is 0 Å². The fraction of sp³-hybridized carbons (Fsp3) is 0.188. The number of benzene rings is 1. The number of alkyl halides is 3. The Morgan fingerprint density at radius 1 is 1.24 bits per heavy atom. The molecule has 0 radical (unpaired) electrons. The van der Waals surface area contributed by atoms with E-state index in [1.807, 2.05) is 0 Å². The van der Waals surface area contributed by atoms with Crippen LogP contribution in [0.5, 0.6) is 0 Å². The SMILES string of the molecule is O=C(NCc1cn(Cc2cccc(C(F)(F)F)c2)nn1)c1cccs1. The van der Waals surface area contributed by atoms with E-state index in [2.05, 4.69) is 15.6 Å². The van der Waals surface area contributed by atoms with E-state index in [1.165, 1.54) is 22.1 Å². The van der Waals surface area contributed by atoms with Gasteiger partial charge in [0.15, 0.2) is 0 Å². The second kappa shape index (κ2) is 7.06. The van der Waals surface area contributed by atoms with Crippen LogP contribution in [0.1, 0.15) is 26.5 Å². The van der Waals surface area contributed by atoms with Gasteiger partial charge in [0.25, 0.3) is 5.91 Å². The molecule has 5 nitrogen and oxygen atoms in total. The Hall–Kier alpha value is -2.68. The van der Waals surface area contributed by atoms with E-state index >= 15 is 0 Å². The summed E-state index contributed by atoms with van der Waals surface area (Å²) in [6, 6.07) is 8.55. The highest BCUT2D eigenvalue weighted by Crippen LogP contribution is 2.29. The first-order valence-electron chi connectivity index (χ1n) is 7.28. The molecular weight excluding hydrogens is 353 g/mol. The molecule has 1 N–H and O–H groups in total. The van der Waals surface area contributed by atoms with E-state index in [9.17, 15) is 18.0 Å². The normalized spacial score (nSPS) is 11.5. The molecule has 3 rings (SSSR count). The molecule has 3 aromatic rings. The summed E-state index contributed by atoms with van der Waals surface area (Å²) in [6.45, 7) is 0.356. The third-order valence-corrected chi connectivity index (χ3v) is 4.23. The number of carbonyl (C=O) groups excluding carboxylic acids is 1. The number of thiophene rings is 1. The van der Waals surface area contributed by atoms with E-state index in [4.69, 9.17) is 0 Å². The number of nitrogens with one attached hydrogen (secondary N) is 1. The zero-order valence-corrected chi connectivity index (χ0v) is 13.6. The Labute approximate surface area is 145 Å². The summed E-state index contributed by atoms with van der Waals surface area (Å²) < 4.78 is 39.6. The molecule has 1 amide bonds. The van der Waals surface area contributed by atoms with E-state index in [0.29, 0.717) is 16.1 Å². The minimum atomic E-state index is -4.38. The molecular formula is C16H13F3N4OS. The summed E-state index contributed by atoms with van der Waals surface area (Å²) in [5, 5.41) is 12.3. The summed E-state index contributed by atoms with van der Waals surface area (Å²) >= 11 is 1.33. The van der Waals surface area contributed by atoms with Crippen molar-refractivity contribution in [3.63, 3.8) is 0 Å². The molecule has 1 aromatic carbocycles. The summed E-state index contributed by atoms with van der Waals surface area (Å²) in [5.41, 5.74) is 0.291. The Kier molecular flexibility index (Phi) is 4.84. The molecule has 2 aromatic heterocycles. The third kappa shape index (κ3) is 4.44. The number of halogens is 3. The van der Waals surface area contributed by atoms with Gasteiger partial charge in [-0.15, -0.1) is 16.4 Å². The number of nitrogens with zero attached hydrogens (tertiary/aromatic N) is 3. The van der Waals surface area contributed by atoms with E-state index in [1.54, 1.807) is 29.8 Å². The van der Waals surface area contributed by atoms with Crippen LogP contribution in [0.4, 0.5) is 13.2 Å². The van der Waals surface area contributed by atoms with Crippen molar-refractivity contribution >= 4 is 17.2 Å². The van der Waals surface area contributed by atoms with Crippen molar-refractivity contribution in [1.82, 2.24) is 20.3 Å². The van der Waals surface area contributed by atoms with Gasteiger partial charge < -0.3 is 5.32 Å². The molecule has 25 heavy (non-hydrogen) atoms. The molecule has 0 fully saturated rings. The number of amides is 1. The molecule has 0 bridgehead atoms. The summed E-state index contributed by atoms with van der Waals surface area (Å²) in [6.07, 6.45) is -2.79. The molecule has 0 spiro atoms. The van der Waals surface area contributed by atoms with Gasteiger partial charge in [0.1, 0.15) is 5.69 Å². The van der Waals surface area contributed by atoms with Crippen molar-refractivity contribution < 1.29 is 18.0 Å². The predicted molar refractivity (Wildman–Crippen MR) is 86.1 cm³/mol. The smallest absolute Gasteiger partial charge is 0.346 e. The number of carbonyl (C=O) groups is 1. The second-order valence-electron chi connectivity index (χ2n) is 5.27. The minimum absolute atomic E-state index is 0.162. The molecule has 0 saturated heterocycles. The molecule has 130 valence electrons. The zero-order chi connectivity index (χ0) is 17.9. The molecule has 0 aliphatic rings. The Morgan fingerprint density at radius 2 is 2.08 bits per heavy atom. The first-order valence-corrected chi connectivity index (χ1v) is 8.16. The third-order valence-electron chi connectivity index (χ3n) is 3.36. The van der Waals surface area contributed by atoms with Crippen LogP contribution in [-0.4, -0.2) is 20.9 Å². The molecule has 0 aliphatic heterocycles. The summed E-state index contributed by atoms with van der Waals surface area (Å²) in [7, 11) is 0. The van der Waals surface area contributed by atoms with Crippen molar-refractivity contribution in [3.8, 4) is 0 Å². The van der Waals surface area contributed by atoms with Crippen LogP contribution in [0.15, 0.2) is 48.0 Å². The van der Waals surface area contributed by atoms with Gasteiger partial charge in [-0.05, 0) is 29.1 Å². The molecule has 2 heterocycles. The van der Waals surface area contributed by atoms with Gasteiger partial charge in [-0.3, -0.25) is 4.79 Å². The minimum Gasteiger partial charge on any atom is -0.346 e. The van der Waals surface area contributed by atoms with Crippen LogP contribution < -0.4 is 5.32 Å². The van der Waals surface area contributed by atoms with Crippen LogP contribution in [0.25, 0.3) is 0 Å². The van der Waals surface area contributed by atoms with E-state index in [-0.39, 0.29) is 19.0 Å². The Bertz CT molecular complexity index is 858. The van der Waals surface area contributed by atoms with E-state index < -0.39 is 11.7 Å². The fourth-order valence-corrected chi connectivity index (χ4v) is 2.84. The van der Waals surface area contributed by atoms with Crippen molar-refractivity contribution in [2.75, 3.05) is 0 Å². The Morgan fingerprint density at radius 3 is 2.80 bits per heavy atom.